The van der Waals surface area contributed by atoms with E-state index in [0.29, 0.717) is 31.0 Å². The van der Waals surface area contributed by atoms with Gasteiger partial charge in [0.15, 0.2) is 0 Å². The van der Waals surface area contributed by atoms with E-state index in [1.165, 1.54) is 4.68 Å². The number of benzene rings is 1. The van der Waals surface area contributed by atoms with Crippen molar-refractivity contribution >= 4 is 12.1 Å². The Hall–Kier alpha value is -3.05. The van der Waals surface area contributed by atoms with Gasteiger partial charge < -0.3 is 14.2 Å². The Morgan fingerprint density at radius 2 is 2.04 bits per heavy atom. The topological polar surface area (TPSA) is 79.7 Å². The highest BCUT2D eigenvalue weighted by atomic mass is 16.7. The predicted octanol–water partition coefficient (Wildman–Crippen LogP) is 3.47. The number of carbonyl (C=O) groups is 1. The highest BCUT2D eigenvalue weighted by molar-refractivity contribution is 5.65. The number of nitrogens with zero attached hydrogens (tertiary/aromatic N) is 2. The molecule has 26 heavy (non-hydrogen) atoms. The summed E-state index contributed by atoms with van der Waals surface area (Å²) in [5.41, 5.74) is 1.58. The van der Waals surface area contributed by atoms with Crippen molar-refractivity contribution in [3.05, 3.63) is 47.7 Å². The van der Waals surface area contributed by atoms with Crippen LogP contribution in [0.4, 0.5) is 4.79 Å². The van der Waals surface area contributed by atoms with Crippen LogP contribution in [0.15, 0.2) is 36.4 Å². The van der Waals surface area contributed by atoms with Crippen LogP contribution in [0.2, 0.25) is 0 Å². The largest absolute Gasteiger partial charge is 0.515 e. The molecule has 1 unspecified atom stereocenters. The van der Waals surface area contributed by atoms with E-state index in [1.54, 1.807) is 19.8 Å². The summed E-state index contributed by atoms with van der Waals surface area (Å²) in [7, 11) is 0. The monoisotopic (exact) mass is 358 g/mol. The average Bonchev–Trinajstić information content (AvgIpc) is 2.95. The van der Waals surface area contributed by atoms with Crippen LogP contribution in [0.3, 0.4) is 0 Å². The Morgan fingerprint density at radius 3 is 2.65 bits per heavy atom. The van der Waals surface area contributed by atoms with Gasteiger partial charge in [-0.15, -0.1) is 0 Å². The van der Waals surface area contributed by atoms with E-state index in [2.05, 4.69) is 5.10 Å². The van der Waals surface area contributed by atoms with Gasteiger partial charge in [0.2, 0.25) is 5.75 Å². The van der Waals surface area contributed by atoms with Crippen molar-refractivity contribution in [2.45, 2.75) is 46.4 Å². The normalized spacial score (nSPS) is 11.3. The van der Waals surface area contributed by atoms with E-state index in [1.807, 2.05) is 37.3 Å². The van der Waals surface area contributed by atoms with Gasteiger partial charge in [0.05, 0.1) is 0 Å². The van der Waals surface area contributed by atoms with Crippen LogP contribution >= 0.6 is 0 Å². The lowest BCUT2D eigenvalue weighted by Crippen LogP contribution is -2.20. The highest BCUT2D eigenvalue weighted by Crippen LogP contribution is 2.32. The third kappa shape index (κ3) is 4.97. The lowest BCUT2D eigenvalue weighted by Gasteiger charge is -2.13. The van der Waals surface area contributed by atoms with E-state index in [0.717, 1.165) is 11.6 Å². The molecule has 0 bridgehead atoms. The molecule has 0 aliphatic carbocycles. The number of aromatic nitrogens is 2. The number of rotatable bonds is 8. The van der Waals surface area contributed by atoms with Crippen LogP contribution in [0.1, 0.15) is 31.5 Å². The maximum absolute atomic E-state index is 12.1. The highest BCUT2D eigenvalue weighted by Gasteiger charge is 2.23. The summed E-state index contributed by atoms with van der Waals surface area (Å²) in [6, 6.07) is 9.63. The number of hydrogen-bond donors (Lipinski definition) is 0. The molecule has 7 nitrogen and oxygen atoms in total. The summed E-state index contributed by atoms with van der Waals surface area (Å²) in [5, 5.41) is 4.32. The molecule has 1 atom stereocenters. The Morgan fingerprint density at radius 1 is 1.31 bits per heavy atom. The SMILES string of the molecule is CCC(C=C=O)OC(=O)Oc1c(OCc2ccccc2)c(C)nn1CC. The van der Waals surface area contributed by atoms with E-state index in [9.17, 15) is 9.59 Å². The van der Waals surface area contributed by atoms with Crippen molar-refractivity contribution in [3.63, 3.8) is 0 Å². The van der Waals surface area contributed by atoms with Crippen molar-refractivity contribution in [2.75, 3.05) is 0 Å². The molecule has 2 aromatic rings. The Kier molecular flexibility index (Phi) is 7.00. The number of aryl methyl sites for hydroxylation is 2. The Labute approximate surface area is 152 Å². The van der Waals surface area contributed by atoms with Crippen molar-refractivity contribution in [1.29, 1.82) is 0 Å². The molecule has 0 aliphatic rings. The van der Waals surface area contributed by atoms with E-state index in [4.69, 9.17) is 14.2 Å². The molecule has 1 aromatic heterocycles. The maximum Gasteiger partial charge on any atom is 0.515 e. The van der Waals surface area contributed by atoms with Gasteiger partial charge >= 0.3 is 6.16 Å². The first-order chi connectivity index (χ1) is 12.6. The van der Waals surface area contributed by atoms with E-state index < -0.39 is 12.3 Å². The van der Waals surface area contributed by atoms with Crippen LogP contribution in [0.25, 0.3) is 0 Å². The van der Waals surface area contributed by atoms with Gasteiger partial charge in [-0.05, 0) is 25.8 Å². The van der Waals surface area contributed by atoms with Crippen LogP contribution < -0.4 is 9.47 Å². The molecule has 0 amide bonds. The average molecular weight is 358 g/mol. The third-order valence-corrected chi connectivity index (χ3v) is 3.64. The summed E-state index contributed by atoms with van der Waals surface area (Å²) in [4.78, 5) is 22.5. The lowest BCUT2D eigenvalue weighted by atomic mass is 10.2. The summed E-state index contributed by atoms with van der Waals surface area (Å²) in [6.45, 7) is 6.22. The molecule has 2 rings (SSSR count). The molecule has 0 aliphatic heterocycles. The van der Waals surface area contributed by atoms with Crippen LogP contribution in [-0.4, -0.2) is 28.0 Å². The summed E-state index contributed by atoms with van der Waals surface area (Å²) in [5.74, 6) is 2.17. The first kappa shape index (κ1) is 19.3. The molecular weight excluding hydrogens is 336 g/mol. The molecule has 1 heterocycles. The fourth-order valence-corrected chi connectivity index (χ4v) is 2.29. The van der Waals surface area contributed by atoms with Crippen LogP contribution in [-0.2, 0) is 22.7 Å². The minimum absolute atomic E-state index is 0.177. The van der Waals surface area contributed by atoms with Crippen molar-refractivity contribution in [2.24, 2.45) is 0 Å². The molecular formula is C19H22N2O5. The Balaban J connectivity index is 2.15. The zero-order chi connectivity index (χ0) is 18.9. The second-order valence-electron chi connectivity index (χ2n) is 5.51. The molecule has 138 valence electrons. The molecule has 7 heteroatoms. The standard InChI is InChI=1S/C19H22N2O5/c1-4-16(11-12-22)25-19(23)26-18-17(14(3)20-21(18)5-2)24-13-15-9-7-6-8-10-15/h6-11,16H,4-5,13H2,1-3H3. The van der Waals surface area contributed by atoms with Crippen LogP contribution in [0, 0.1) is 6.92 Å². The van der Waals surface area contributed by atoms with Crippen LogP contribution in [0.5, 0.6) is 11.6 Å². The predicted molar refractivity (Wildman–Crippen MR) is 94.9 cm³/mol. The molecule has 0 radical (unpaired) electrons. The van der Waals surface area contributed by atoms with Gasteiger partial charge in [-0.3, -0.25) is 0 Å². The van der Waals surface area contributed by atoms with Gasteiger partial charge in [-0.1, -0.05) is 37.3 Å². The second-order valence-corrected chi connectivity index (χ2v) is 5.51. The Bertz CT molecular complexity index is 779. The maximum atomic E-state index is 12.1. The smallest absolute Gasteiger partial charge is 0.482 e. The van der Waals surface area contributed by atoms with E-state index >= 15 is 0 Å². The molecule has 0 N–H and O–H groups in total. The van der Waals surface area contributed by atoms with Gasteiger partial charge in [-0.25, -0.2) is 14.3 Å². The summed E-state index contributed by atoms with van der Waals surface area (Å²) < 4.78 is 17.8. The minimum Gasteiger partial charge on any atom is -0.482 e. The van der Waals surface area contributed by atoms with Crippen molar-refractivity contribution in [1.82, 2.24) is 9.78 Å². The number of ether oxygens (including phenoxy) is 3. The molecule has 0 saturated carbocycles. The first-order valence-electron chi connectivity index (χ1n) is 8.42. The zero-order valence-electron chi connectivity index (χ0n) is 15.1. The third-order valence-electron chi connectivity index (χ3n) is 3.64. The number of carbonyl (C=O) groups excluding carboxylic acids is 2. The quantitative estimate of drug-likeness (QED) is 0.531. The summed E-state index contributed by atoms with van der Waals surface area (Å²) >= 11 is 0. The second kappa shape index (κ2) is 9.44. The van der Waals surface area contributed by atoms with Gasteiger partial charge in [0.25, 0.3) is 5.88 Å². The van der Waals surface area contributed by atoms with E-state index in [-0.39, 0.29) is 5.88 Å². The molecule has 0 saturated heterocycles. The fraction of sp³-hybridized carbons (Fsp3) is 0.368. The van der Waals surface area contributed by atoms with Gasteiger partial charge in [0, 0.05) is 12.6 Å². The van der Waals surface area contributed by atoms with Gasteiger partial charge in [-0.2, -0.15) is 5.10 Å². The fourth-order valence-electron chi connectivity index (χ4n) is 2.29. The molecule has 1 aromatic carbocycles. The molecule has 0 fully saturated rings. The number of hydrogen-bond acceptors (Lipinski definition) is 6. The molecule has 0 spiro atoms. The minimum atomic E-state index is -0.928. The van der Waals surface area contributed by atoms with Crippen molar-refractivity contribution < 1.29 is 23.8 Å². The summed E-state index contributed by atoms with van der Waals surface area (Å²) in [6.07, 6.45) is -0.0418. The lowest BCUT2D eigenvalue weighted by molar-refractivity contribution is 0.0709. The van der Waals surface area contributed by atoms with Gasteiger partial charge in [0.1, 0.15) is 24.3 Å². The first-order valence-corrected chi connectivity index (χ1v) is 8.42. The van der Waals surface area contributed by atoms with Crippen molar-refractivity contribution in [3.8, 4) is 11.6 Å². The zero-order valence-corrected chi connectivity index (χ0v) is 15.1.